The van der Waals surface area contributed by atoms with Gasteiger partial charge >= 0.3 is 5.69 Å². The second-order valence-electron chi connectivity index (χ2n) is 6.84. The number of hydrogen-bond acceptors (Lipinski definition) is 3. The first-order valence-electron chi connectivity index (χ1n) is 8.49. The molecule has 2 aliphatic rings. The molecule has 5 heteroatoms. The Morgan fingerprint density at radius 3 is 2.79 bits per heavy atom. The highest BCUT2D eigenvalue weighted by molar-refractivity contribution is 5.93. The van der Waals surface area contributed by atoms with Crippen LogP contribution in [-0.4, -0.2) is 14.8 Å². The lowest BCUT2D eigenvalue weighted by Gasteiger charge is -2.11. The lowest BCUT2D eigenvalue weighted by Crippen LogP contribution is -2.38. The Bertz CT molecular complexity index is 966. The predicted octanol–water partition coefficient (Wildman–Crippen LogP) is 2.22. The molecule has 0 N–H and O–H groups in total. The monoisotopic (exact) mass is 323 g/mol. The van der Waals surface area contributed by atoms with Crippen molar-refractivity contribution in [3.05, 3.63) is 61.8 Å². The third-order valence-corrected chi connectivity index (χ3v) is 5.41. The van der Waals surface area contributed by atoms with Gasteiger partial charge < -0.3 is 0 Å². The third-order valence-electron chi connectivity index (χ3n) is 5.41. The highest BCUT2D eigenvalue weighted by Gasteiger charge is 2.26. The fourth-order valence-corrected chi connectivity index (χ4v) is 4.02. The predicted molar refractivity (Wildman–Crippen MR) is 94.5 cm³/mol. The molecule has 5 nitrogen and oxygen atoms in total. The molecular weight excluding hydrogens is 302 g/mol. The molecule has 124 valence electrons. The van der Waals surface area contributed by atoms with E-state index < -0.39 is 0 Å². The van der Waals surface area contributed by atoms with E-state index in [1.807, 2.05) is 0 Å². The van der Waals surface area contributed by atoms with Crippen LogP contribution in [0.5, 0.6) is 0 Å². The van der Waals surface area contributed by atoms with Gasteiger partial charge in [0.05, 0.1) is 5.56 Å². The van der Waals surface area contributed by atoms with Gasteiger partial charge in [-0.05, 0) is 42.7 Å². The molecule has 1 aliphatic heterocycles. The molecule has 1 aromatic carbocycles. The van der Waals surface area contributed by atoms with Crippen LogP contribution in [-0.2, 0) is 26.9 Å². The zero-order valence-corrected chi connectivity index (χ0v) is 14.1. The Morgan fingerprint density at radius 2 is 1.96 bits per heavy atom. The van der Waals surface area contributed by atoms with Crippen LogP contribution in [0.25, 0.3) is 0 Å². The minimum atomic E-state index is -0.312. The molecule has 2 heterocycles. The van der Waals surface area contributed by atoms with Crippen LogP contribution < -0.4 is 11.2 Å². The smallest absolute Gasteiger partial charge is 0.281 e. The maximum Gasteiger partial charge on any atom is 0.332 e. The molecule has 4 rings (SSSR count). The van der Waals surface area contributed by atoms with Crippen molar-refractivity contribution in [1.29, 1.82) is 0 Å². The van der Waals surface area contributed by atoms with E-state index >= 15 is 0 Å². The zero-order chi connectivity index (χ0) is 16.8. The SMILES string of the molecule is Cn1c2c(c(=O)n(C)c1=O)CC(CCC1CCc3ccccc31)=N2. The minimum absolute atomic E-state index is 0.210. The molecule has 1 aliphatic carbocycles. The number of nitrogens with zero attached hydrogens (tertiary/aromatic N) is 3. The molecule has 0 spiro atoms. The Hall–Kier alpha value is -2.43. The summed E-state index contributed by atoms with van der Waals surface area (Å²) in [7, 11) is 3.21. The van der Waals surface area contributed by atoms with Crippen molar-refractivity contribution in [3.8, 4) is 0 Å². The van der Waals surface area contributed by atoms with Gasteiger partial charge in [-0.2, -0.15) is 0 Å². The molecule has 1 unspecified atom stereocenters. The van der Waals surface area contributed by atoms with Gasteiger partial charge in [0.1, 0.15) is 5.82 Å². The summed E-state index contributed by atoms with van der Waals surface area (Å²) in [5.41, 5.74) is 4.09. The van der Waals surface area contributed by atoms with Crippen molar-refractivity contribution in [2.24, 2.45) is 19.1 Å². The number of aromatic nitrogens is 2. The molecule has 1 aromatic heterocycles. The number of fused-ring (bicyclic) bond motifs is 2. The number of benzene rings is 1. The van der Waals surface area contributed by atoms with E-state index in [1.165, 1.54) is 33.7 Å². The maximum atomic E-state index is 12.3. The Kier molecular flexibility index (Phi) is 3.52. The molecule has 0 radical (unpaired) electrons. The summed E-state index contributed by atoms with van der Waals surface area (Å²) in [6.07, 6.45) is 4.86. The van der Waals surface area contributed by atoms with Crippen molar-refractivity contribution in [2.45, 2.75) is 38.0 Å². The van der Waals surface area contributed by atoms with E-state index in [0.717, 1.165) is 25.0 Å². The fourth-order valence-electron chi connectivity index (χ4n) is 4.02. The maximum absolute atomic E-state index is 12.3. The number of rotatable bonds is 3. The zero-order valence-electron chi connectivity index (χ0n) is 14.1. The van der Waals surface area contributed by atoms with Crippen LogP contribution in [0, 0.1) is 0 Å². The second-order valence-corrected chi connectivity index (χ2v) is 6.84. The average Bonchev–Trinajstić information content (AvgIpc) is 3.20. The van der Waals surface area contributed by atoms with Crippen LogP contribution in [0.15, 0.2) is 38.8 Å². The normalized spacial score (nSPS) is 18.4. The van der Waals surface area contributed by atoms with Crippen molar-refractivity contribution >= 4 is 11.5 Å². The van der Waals surface area contributed by atoms with Gasteiger partial charge in [0.25, 0.3) is 5.56 Å². The Labute approximate surface area is 140 Å². The van der Waals surface area contributed by atoms with Gasteiger partial charge in [0, 0.05) is 26.2 Å². The van der Waals surface area contributed by atoms with E-state index in [2.05, 4.69) is 29.3 Å². The van der Waals surface area contributed by atoms with E-state index in [4.69, 9.17) is 0 Å². The van der Waals surface area contributed by atoms with Gasteiger partial charge in [-0.1, -0.05) is 24.3 Å². The Balaban J connectivity index is 1.54. The first-order chi connectivity index (χ1) is 11.6. The van der Waals surface area contributed by atoms with Crippen LogP contribution in [0.1, 0.15) is 41.9 Å². The standard InChI is InChI=1S/C19H21N3O2/c1-21-17-16(18(23)22(2)19(21)24)11-14(20-17)10-9-13-8-7-12-5-3-4-6-15(12)13/h3-6,13H,7-11H2,1-2H3. The van der Waals surface area contributed by atoms with Crippen molar-refractivity contribution < 1.29 is 0 Å². The molecule has 2 aromatic rings. The number of aryl methyl sites for hydroxylation is 1. The van der Waals surface area contributed by atoms with Gasteiger partial charge in [0.15, 0.2) is 0 Å². The fraction of sp³-hybridized carbons (Fsp3) is 0.421. The van der Waals surface area contributed by atoms with E-state index in [-0.39, 0.29) is 11.2 Å². The van der Waals surface area contributed by atoms with Crippen molar-refractivity contribution in [3.63, 3.8) is 0 Å². The third kappa shape index (κ3) is 2.27. The molecule has 1 atom stereocenters. The van der Waals surface area contributed by atoms with E-state index in [1.54, 1.807) is 7.05 Å². The highest BCUT2D eigenvalue weighted by Crippen LogP contribution is 2.36. The molecule has 0 saturated heterocycles. The highest BCUT2D eigenvalue weighted by atomic mass is 16.2. The van der Waals surface area contributed by atoms with Gasteiger partial charge in [-0.25, -0.2) is 9.79 Å². The topological polar surface area (TPSA) is 56.4 Å². The summed E-state index contributed by atoms with van der Waals surface area (Å²) in [5, 5.41) is 0. The molecule has 0 fully saturated rings. The van der Waals surface area contributed by atoms with Gasteiger partial charge in [0.2, 0.25) is 0 Å². The first kappa shape index (κ1) is 15.1. The van der Waals surface area contributed by atoms with Crippen molar-refractivity contribution in [2.75, 3.05) is 0 Å². The van der Waals surface area contributed by atoms with Crippen LogP contribution in [0.2, 0.25) is 0 Å². The molecule has 0 bridgehead atoms. The lowest BCUT2D eigenvalue weighted by molar-refractivity contribution is 0.634. The second kappa shape index (κ2) is 5.58. The summed E-state index contributed by atoms with van der Waals surface area (Å²) < 4.78 is 2.65. The Morgan fingerprint density at radius 1 is 1.17 bits per heavy atom. The lowest BCUT2D eigenvalue weighted by atomic mass is 9.94. The average molecular weight is 323 g/mol. The van der Waals surface area contributed by atoms with E-state index in [9.17, 15) is 9.59 Å². The summed E-state index contributed by atoms with van der Waals surface area (Å²) in [4.78, 5) is 28.9. The van der Waals surface area contributed by atoms with Crippen molar-refractivity contribution in [1.82, 2.24) is 9.13 Å². The van der Waals surface area contributed by atoms with Gasteiger partial charge in [-0.15, -0.1) is 0 Å². The quantitative estimate of drug-likeness (QED) is 0.870. The molecule has 0 amide bonds. The van der Waals surface area contributed by atoms with E-state index in [0.29, 0.717) is 23.7 Å². The summed E-state index contributed by atoms with van der Waals surface area (Å²) >= 11 is 0. The first-order valence-corrected chi connectivity index (χ1v) is 8.49. The summed E-state index contributed by atoms with van der Waals surface area (Å²) in [5.74, 6) is 1.13. The summed E-state index contributed by atoms with van der Waals surface area (Å²) in [6.45, 7) is 0. The number of hydrogen-bond donors (Lipinski definition) is 0. The van der Waals surface area contributed by atoms with Crippen LogP contribution in [0.3, 0.4) is 0 Å². The molecular formula is C19H21N3O2. The largest absolute Gasteiger partial charge is 0.332 e. The molecule has 24 heavy (non-hydrogen) atoms. The molecule has 0 saturated carbocycles. The minimum Gasteiger partial charge on any atom is -0.281 e. The number of aliphatic imine (C=N–C) groups is 1. The van der Waals surface area contributed by atoms with Crippen LogP contribution in [0.4, 0.5) is 5.82 Å². The van der Waals surface area contributed by atoms with Crippen LogP contribution >= 0.6 is 0 Å². The summed E-state index contributed by atoms with van der Waals surface area (Å²) in [6, 6.07) is 8.67. The van der Waals surface area contributed by atoms with Gasteiger partial charge in [-0.3, -0.25) is 13.9 Å².